The molecule has 0 saturated heterocycles. The monoisotopic (exact) mass is 245 g/mol. The van der Waals surface area contributed by atoms with Crippen molar-refractivity contribution >= 4 is 23.1 Å². The Hall–Kier alpha value is -2.56. The number of benzene rings is 2. The van der Waals surface area contributed by atoms with Gasteiger partial charge in [0.2, 0.25) is 0 Å². The number of carbonyl (C=O) groups is 1. The van der Waals surface area contributed by atoms with Gasteiger partial charge in [-0.25, -0.2) is 9.18 Å². The summed E-state index contributed by atoms with van der Waals surface area (Å²) in [4.78, 5) is 11.6. The number of rotatable bonds is 2. The fourth-order valence-corrected chi connectivity index (χ4v) is 1.45. The van der Waals surface area contributed by atoms with Crippen LogP contribution in [0.3, 0.4) is 0 Å². The fraction of sp³-hybridized carbons (Fsp3) is 0. The van der Waals surface area contributed by atoms with Crippen molar-refractivity contribution in [2.75, 3.05) is 16.4 Å². The Kier molecular flexibility index (Phi) is 3.43. The third-order valence-corrected chi connectivity index (χ3v) is 2.33. The molecule has 0 fully saturated rings. The van der Waals surface area contributed by atoms with Crippen LogP contribution < -0.4 is 16.4 Å². The largest absolute Gasteiger partial charge is 0.397 e. The van der Waals surface area contributed by atoms with Gasteiger partial charge in [0, 0.05) is 0 Å². The smallest absolute Gasteiger partial charge is 0.323 e. The molecule has 2 amide bonds. The Bertz CT molecular complexity index is 522. The maximum Gasteiger partial charge on any atom is 0.323 e. The number of hydrogen-bond donors (Lipinski definition) is 3. The number of amides is 2. The zero-order valence-corrected chi connectivity index (χ0v) is 9.48. The maximum absolute atomic E-state index is 13.3. The van der Waals surface area contributed by atoms with Crippen LogP contribution in [0.15, 0.2) is 48.5 Å². The van der Waals surface area contributed by atoms with Crippen LogP contribution in [0.5, 0.6) is 0 Å². The van der Waals surface area contributed by atoms with Gasteiger partial charge in [0.1, 0.15) is 5.82 Å². The standard InChI is InChI=1S/C13H12FN3O/c14-9-5-1-3-7-11(9)16-13(18)17-12-8-4-2-6-10(12)15/h1-8H,15H2,(H2,16,17,18). The summed E-state index contributed by atoms with van der Waals surface area (Å²) in [6, 6.07) is 12.2. The molecule has 0 aliphatic rings. The average molecular weight is 245 g/mol. The lowest BCUT2D eigenvalue weighted by atomic mass is 10.3. The van der Waals surface area contributed by atoms with E-state index in [1.165, 1.54) is 12.1 Å². The van der Waals surface area contributed by atoms with Crippen LogP contribution in [-0.2, 0) is 0 Å². The molecule has 2 aromatic rings. The number of anilines is 3. The third kappa shape index (κ3) is 2.76. The summed E-state index contributed by atoms with van der Waals surface area (Å²) < 4.78 is 13.3. The molecule has 5 heteroatoms. The van der Waals surface area contributed by atoms with Gasteiger partial charge in [-0.15, -0.1) is 0 Å². The zero-order valence-electron chi connectivity index (χ0n) is 9.48. The van der Waals surface area contributed by atoms with Gasteiger partial charge in [-0.3, -0.25) is 0 Å². The minimum Gasteiger partial charge on any atom is -0.397 e. The second-order valence-corrected chi connectivity index (χ2v) is 3.65. The van der Waals surface area contributed by atoms with Gasteiger partial charge < -0.3 is 16.4 Å². The quantitative estimate of drug-likeness (QED) is 0.712. The highest BCUT2D eigenvalue weighted by Gasteiger charge is 2.07. The van der Waals surface area contributed by atoms with Gasteiger partial charge in [-0.2, -0.15) is 0 Å². The van der Waals surface area contributed by atoms with E-state index in [0.29, 0.717) is 11.4 Å². The molecular formula is C13H12FN3O. The van der Waals surface area contributed by atoms with Crippen molar-refractivity contribution in [3.05, 3.63) is 54.3 Å². The highest BCUT2D eigenvalue weighted by atomic mass is 19.1. The lowest BCUT2D eigenvalue weighted by molar-refractivity contribution is 0.262. The van der Waals surface area contributed by atoms with Crippen LogP contribution >= 0.6 is 0 Å². The normalized spacial score (nSPS) is 9.83. The van der Waals surface area contributed by atoms with Gasteiger partial charge >= 0.3 is 6.03 Å². The second-order valence-electron chi connectivity index (χ2n) is 3.65. The molecule has 92 valence electrons. The molecule has 0 radical (unpaired) electrons. The molecule has 0 bridgehead atoms. The molecule has 4 nitrogen and oxygen atoms in total. The highest BCUT2D eigenvalue weighted by Crippen LogP contribution is 2.18. The summed E-state index contributed by atoms with van der Waals surface area (Å²) in [5.41, 5.74) is 6.71. The molecule has 0 atom stereocenters. The van der Waals surface area contributed by atoms with Gasteiger partial charge in [0.25, 0.3) is 0 Å². The van der Waals surface area contributed by atoms with E-state index in [1.54, 1.807) is 36.4 Å². The van der Waals surface area contributed by atoms with Crippen molar-refractivity contribution in [1.82, 2.24) is 0 Å². The topological polar surface area (TPSA) is 67.1 Å². The summed E-state index contributed by atoms with van der Waals surface area (Å²) >= 11 is 0. The summed E-state index contributed by atoms with van der Waals surface area (Å²) in [6.07, 6.45) is 0. The van der Waals surface area contributed by atoms with Crippen molar-refractivity contribution in [2.45, 2.75) is 0 Å². The number of hydrogen-bond acceptors (Lipinski definition) is 2. The second kappa shape index (κ2) is 5.18. The Morgan fingerprint density at radius 1 is 0.944 bits per heavy atom. The lowest BCUT2D eigenvalue weighted by Crippen LogP contribution is -2.20. The van der Waals surface area contributed by atoms with Crippen LogP contribution in [-0.4, -0.2) is 6.03 Å². The molecule has 0 unspecified atom stereocenters. The summed E-state index contributed by atoms with van der Waals surface area (Å²) in [5.74, 6) is -0.492. The van der Waals surface area contributed by atoms with E-state index in [9.17, 15) is 9.18 Å². The molecule has 4 N–H and O–H groups in total. The van der Waals surface area contributed by atoms with Crippen LogP contribution in [0.1, 0.15) is 0 Å². The van der Waals surface area contributed by atoms with E-state index in [2.05, 4.69) is 10.6 Å². The van der Waals surface area contributed by atoms with Crippen LogP contribution in [0, 0.1) is 5.82 Å². The van der Waals surface area contributed by atoms with Gasteiger partial charge in [-0.1, -0.05) is 24.3 Å². The molecule has 18 heavy (non-hydrogen) atoms. The van der Waals surface area contributed by atoms with E-state index in [1.807, 2.05) is 0 Å². The SMILES string of the molecule is Nc1ccccc1NC(=O)Nc1ccccc1F. The Labute approximate surface area is 104 Å². The molecule has 0 spiro atoms. The number of nitrogen functional groups attached to an aromatic ring is 1. The van der Waals surface area contributed by atoms with E-state index in [0.717, 1.165) is 0 Å². The molecule has 0 aromatic heterocycles. The lowest BCUT2D eigenvalue weighted by Gasteiger charge is -2.09. The van der Waals surface area contributed by atoms with Crippen LogP contribution in [0.25, 0.3) is 0 Å². The van der Waals surface area contributed by atoms with Crippen LogP contribution in [0.2, 0.25) is 0 Å². The van der Waals surface area contributed by atoms with E-state index in [4.69, 9.17) is 5.73 Å². The van der Waals surface area contributed by atoms with Crippen molar-refractivity contribution in [3.8, 4) is 0 Å². The number of urea groups is 1. The van der Waals surface area contributed by atoms with Crippen molar-refractivity contribution in [2.24, 2.45) is 0 Å². The average Bonchev–Trinajstić information content (AvgIpc) is 2.35. The van der Waals surface area contributed by atoms with Gasteiger partial charge in [0.05, 0.1) is 17.1 Å². The molecule has 0 aliphatic carbocycles. The third-order valence-electron chi connectivity index (χ3n) is 2.33. The van der Waals surface area contributed by atoms with E-state index >= 15 is 0 Å². The first-order chi connectivity index (χ1) is 8.66. The molecule has 0 aliphatic heterocycles. The first-order valence-electron chi connectivity index (χ1n) is 5.34. The number of halogens is 1. The molecule has 2 aromatic carbocycles. The number of para-hydroxylation sites is 3. The number of nitrogens with one attached hydrogen (secondary N) is 2. The molecule has 2 rings (SSSR count). The first kappa shape index (κ1) is 11.9. The van der Waals surface area contributed by atoms with Crippen LogP contribution in [0.4, 0.5) is 26.2 Å². The Morgan fingerprint density at radius 2 is 1.50 bits per heavy atom. The highest BCUT2D eigenvalue weighted by molar-refractivity contribution is 6.01. The predicted molar refractivity (Wildman–Crippen MR) is 69.9 cm³/mol. The summed E-state index contributed by atoms with van der Waals surface area (Å²) in [6.45, 7) is 0. The Balaban J connectivity index is 2.06. The Morgan fingerprint density at radius 3 is 2.17 bits per heavy atom. The van der Waals surface area contributed by atoms with Crippen molar-refractivity contribution in [1.29, 1.82) is 0 Å². The van der Waals surface area contributed by atoms with Crippen molar-refractivity contribution in [3.63, 3.8) is 0 Å². The number of nitrogens with two attached hydrogens (primary N) is 1. The fourth-order valence-electron chi connectivity index (χ4n) is 1.45. The predicted octanol–water partition coefficient (Wildman–Crippen LogP) is 3.05. The number of carbonyl (C=O) groups excluding carboxylic acids is 1. The van der Waals surface area contributed by atoms with Crippen molar-refractivity contribution < 1.29 is 9.18 Å². The summed E-state index contributed by atoms with van der Waals surface area (Å²) in [7, 11) is 0. The van der Waals surface area contributed by atoms with Gasteiger partial charge in [0.15, 0.2) is 0 Å². The molecule has 0 heterocycles. The van der Waals surface area contributed by atoms with Gasteiger partial charge in [-0.05, 0) is 24.3 Å². The maximum atomic E-state index is 13.3. The molecule has 0 saturated carbocycles. The molecular weight excluding hydrogens is 233 g/mol. The zero-order chi connectivity index (χ0) is 13.0. The minimum absolute atomic E-state index is 0.115. The minimum atomic E-state index is -0.544. The van der Waals surface area contributed by atoms with E-state index in [-0.39, 0.29) is 5.69 Å². The first-order valence-corrected chi connectivity index (χ1v) is 5.34. The summed E-state index contributed by atoms with van der Waals surface area (Å²) in [5, 5.41) is 4.95. The van der Waals surface area contributed by atoms with E-state index < -0.39 is 11.8 Å².